The molecule has 0 unspecified atom stereocenters. The topological polar surface area (TPSA) is 72.9 Å². The Labute approximate surface area is 160 Å². The molecule has 0 bridgehead atoms. The minimum atomic E-state index is -0.197. The number of nitrogens with zero attached hydrogens (tertiary/aromatic N) is 2. The summed E-state index contributed by atoms with van der Waals surface area (Å²) in [5, 5.41) is 12.8. The molecule has 2 amide bonds. The number of nitrogens with one attached hydrogen (secondary N) is 1. The largest absolute Gasteiger partial charge is 0.507 e. The summed E-state index contributed by atoms with van der Waals surface area (Å²) in [5.74, 6) is -0.291. The molecule has 3 rings (SSSR count). The normalized spacial score (nSPS) is 14.9. The standard InChI is InChI=1S/C19H20BrN3O3/c20-14-6-7-17(24)16(12-14)19(26)23-10-8-22(9-11-23)13-18(25)21-15-4-2-1-3-5-15/h1-7,12,24H,8-11,13H2,(H,21,25). The number of amides is 2. The Kier molecular flexibility index (Phi) is 5.90. The highest BCUT2D eigenvalue weighted by Gasteiger charge is 2.25. The molecule has 1 heterocycles. The van der Waals surface area contributed by atoms with Crippen LogP contribution in [0.3, 0.4) is 0 Å². The van der Waals surface area contributed by atoms with Crippen molar-refractivity contribution in [2.45, 2.75) is 0 Å². The van der Waals surface area contributed by atoms with Gasteiger partial charge in [-0.05, 0) is 30.3 Å². The molecule has 136 valence electrons. The molecule has 1 aliphatic heterocycles. The molecule has 0 atom stereocenters. The second-order valence-electron chi connectivity index (χ2n) is 6.14. The van der Waals surface area contributed by atoms with Gasteiger partial charge in [-0.15, -0.1) is 0 Å². The van der Waals surface area contributed by atoms with Crippen molar-refractivity contribution in [2.75, 3.05) is 38.0 Å². The van der Waals surface area contributed by atoms with Crippen molar-refractivity contribution in [3.05, 3.63) is 58.6 Å². The molecule has 2 N–H and O–H groups in total. The second-order valence-corrected chi connectivity index (χ2v) is 7.06. The fourth-order valence-corrected chi connectivity index (χ4v) is 3.25. The number of phenols is 1. The van der Waals surface area contributed by atoms with Crippen molar-refractivity contribution in [1.29, 1.82) is 0 Å². The van der Waals surface area contributed by atoms with Crippen molar-refractivity contribution in [2.24, 2.45) is 0 Å². The number of carbonyl (C=O) groups excluding carboxylic acids is 2. The highest BCUT2D eigenvalue weighted by atomic mass is 79.9. The van der Waals surface area contributed by atoms with Crippen LogP contribution in [0.2, 0.25) is 0 Å². The van der Waals surface area contributed by atoms with Gasteiger partial charge in [0, 0.05) is 36.3 Å². The number of rotatable bonds is 4. The number of phenolic OH excluding ortho intramolecular Hbond substituents is 1. The summed E-state index contributed by atoms with van der Waals surface area (Å²) in [6.07, 6.45) is 0. The van der Waals surface area contributed by atoms with Crippen molar-refractivity contribution < 1.29 is 14.7 Å². The minimum Gasteiger partial charge on any atom is -0.507 e. The number of carbonyl (C=O) groups is 2. The van der Waals surface area contributed by atoms with E-state index >= 15 is 0 Å². The molecule has 7 heteroatoms. The molecule has 1 aliphatic rings. The van der Waals surface area contributed by atoms with Gasteiger partial charge in [0.25, 0.3) is 5.91 Å². The third-order valence-electron chi connectivity index (χ3n) is 4.27. The summed E-state index contributed by atoms with van der Waals surface area (Å²) in [4.78, 5) is 28.4. The molecule has 0 radical (unpaired) electrons. The zero-order valence-electron chi connectivity index (χ0n) is 14.2. The number of halogens is 1. The number of piperazine rings is 1. The van der Waals surface area contributed by atoms with Gasteiger partial charge in [-0.3, -0.25) is 14.5 Å². The van der Waals surface area contributed by atoms with Crippen molar-refractivity contribution >= 4 is 33.4 Å². The average molecular weight is 418 g/mol. The average Bonchev–Trinajstić information content (AvgIpc) is 2.64. The zero-order valence-corrected chi connectivity index (χ0v) is 15.8. The molecule has 0 saturated carbocycles. The minimum absolute atomic E-state index is 0.0251. The number of hydrogen-bond acceptors (Lipinski definition) is 4. The predicted molar refractivity (Wildman–Crippen MR) is 103 cm³/mol. The van der Waals surface area contributed by atoms with E-state index in [1.165, 1.54) is 6.07 Å². The molecule has 1 fully saturated rings. The third-order valence-corrected chi connectivity index (χ3v) is 4.77. The molecule has 6 nitrogen and oxygen atoms in total. The van der Waals surface area contributed by atoms with Gasteiger partial charge in [0.2, 0.25) is 5.91 Å². The van der Waals surface area contributed by atoms with E-state index < -0.39 is 0 Å². The molecule has 0 spiro atoms. The Bertz CT molecular complexity index is 790. The lowest BCUT2D eigenvalue weighted by molar-refractivity contribution is -0.117. The van der Waals surface area contributed by atoms with Gasteiger partial charge in [-0.25, -0.2) is 0 Å². The number of benzene rings is 2. The first-order chi connectivity index (χ1) is 12.5. The zero-order chi connectivity index (χ0) is 18.5. The van der Waals surface area contributed by atoms with Gasteiger partial charge >= 0.3 is 0 Å². The van der Waals surface area contributed by atoms with Crippen LogP contribution in [0.5, 0.6) is 5.75 Å². The van der Waals surface area contributed by atoms with Crippen molar-refractivity contribution in [3.63, 3.8) is 0 Å². The molecule has 26 heavy (non-hydrogen) atoms. The Morgan fingerprint density at radius 2 is 1.73 bits per heavy atom. The molecule has 2 aromatic carbocycles. The van der Waals surface area contributed by atoms with Crippen LogP contribution in [-0.2, 0) is 4.79 Å². The van der Waals surface area contributed by atoms with Crippen LogP contribution in [0.15, 0.2) is 53.0 Å². The van der Waals surface area contributed by atoms with E-state index in [-0.39, 0.29) is 23.1 Å². The second kappa shape index (κ2) is 8.33. The molecular weight excluding hydrogens is 398 g/mol. The van der Waals surface area contributed by atoms with Crippen molar-refractivity contribution in [3.8, 4) is 5.75 Å². The number of aromatic hydroxyl groups is 1. The number of anilines is 1. The van der Waals surface area contributed by atoms with E-state index in [0.717, 1.165) is 10.2 Å². The highest BCUT2D eigenvalue weighted by molar-refractivity contribution is 9.10. The molecular formula is C19H20BrN3O3. The monoisotopic (exact) mass is 417 g/mol. The summed E-state index contributed by atoms with van der Waals surface area (Å²) in [7, 11) is 0. The Morgan fingerprint density at radius 3 is 2.42 bits per heavy atom. The van der Waals surface area contributed by atoms with E-state index in [1.54, 1.807) is 17.0 Å². The van der Waals surface area contributed by atoms with Crippen LogP contribution in [0.25, 0.3) is 0 Å². The van der Waals surface area contributed by atoms with Gasteiger partial charge in [0.15, 0.2) is 0 Å². The Morgan fingerprint density at radius 1 is 1.04 bits per heavy atom. The van der Waals surface area contributed by atoms with Crippen molar-refractivity contribution in [1.82, 2.24) is 9.80 Å². The van der Waals surface area contributed by atoms with Gasteiger partial charge in [0.1, 0.15) is 5.75 Å². The summed E-state index contributed by atoms with van der Waals surface area (Å²) < 4.78 is 0.745. The summed E-state index contributed by atoms with van der Waals surface area (Å²) in [6.45, 7) is 2.55. The molecule has 0 aliphatic carbocycles. The van der Waals surface area contributed by atoms with E-state index in [0.29, 0.717) is 32.7 Å². The van der Waals surface area contributed by atoms with Gasteiger partial charge in [-0.1, -0.05) is 34.1 Å². The first-order valence-corrected chi connectivity index (χ1v) is 9.17. The first kappa shape index (κ1) is 18.4. The fraction of sp³-hybridized carbons (Fsp3) is 0.263. The molecule has 0 aromatic heterocycles. The lowest BCUT2D eigenvalue weighted by atomic mass is 10.1. The van der Waals surface area contributed by atoms with Crippen LogP contribution < -0.4 is 5.32 Å². The SMILES string of the molecule is O=C(CN1CCN(C(=O)c2cc(Br)ccc2O)CC1)Nc1ccccc1. The number of hydrogen-bond donors (Lipinski definition) is 2. The number of para-hydroxylation sites is 1. The predicted octanol–water partition coefficient (Wildman–Crippen LogP) is 2.55. The maximum atomic E-state index is 12.6. The van der Waals surface area contributed by atoms with Crippen LogP contribution in [0.1, 0.15) is 10.4 Å². The molecule has 2 aromatic rings. The first-order valence-electron chi connectivity index (χ1n) is 8.38. The van der Waals surface area contributed by atoms with Crippen LogP contribution in [-0.4, -0.2) is 59.4 Å². The van der Waals surface area contributed by atoms with Crippen LogP contribution in [0.4, 0.5) is 5.69 Å². The van der Waals surface area contributed by atoms with E-state index in [9.17, 15) is 14.7 Å². The lowest BCUT2D eigenvalue weighted by Gasteiger charge is -2.34. The third kappa shape index (κ3) is 4.62. The highest BCUT2D eigenvalue weighted by Crippen LogP contribution is 2.23. The van der Waals surface area contributed by atoms with Crippen LogP contribution >= 0.6 is 15.9 Å². The maximum Gasteiger partial charge on any atom is 0.257 e. The summed E-state index contributed by atoms with van der Waals surface area (Å²) >= 11 is 3.32. The summed E-state index contributed by atoms with van der Waals surface area (Å²) in [5.41, 5.74) is 1.06. The van der Waals surface area contributed by atoms with E-state index in [4.69, 9.17) is 0 Å². The van der Waals surface area contributed by atoms with E-state index in [2.05, 4.69) is 21.2 Å². The van der Waals surface area contributed by atoms with Gasteiger partial charge < -0.3 is 15.3 Å². The smallest absolute Gasteiger partial charge is 0.257 e. The fourth-order valence-electron chi connectivity index (χ4n) is 2.88. The lowest BCUT2D eigenvalue weighted by Crippen LogP contribution is -2.50. The quantitative estimate of drug-likeness (QED) is 0.801. The Hall–Kier alpha value is -2.38. The van der Waals surface area contributed by atoms with E-state index in [1.807, 2.05) is 35.2 Å². The van der Waals surface area contributed by atoms with Crippen LogP contribution in [0, 0.1) is 0 Å². The maximum absolute atomic E-state index is 12.6. The van der Waals surface area contributed by atoms with Gasteiger partial charge in [0.05, 0.1) is 12.1 Å². The summed E-state index contributed by atoms with van der Waals surface area (Å²) in [6, 6.07) is 14.1. The molecule has 1 saturated heterocycles. The van der Waals surface area contributed by atoms with Gasteiger partial charge in [-0.2, -0.15) is 0 Å². The Balaban J connectivity index is 1.51.